The Morgan fingerprint density at radius 3 is 2.58 bits per heavy atom. The van der Waals surface area contributed by atoms with Crippen LogP contribution in [0.4, 0.5) is 10.1 Å². The second-order valence-corrected chi connectivity index (χ2v) is 12.4. The number of rotatable bonds is 8. The number of likely N-dealkylation sites (tertiary alicyclic amines) is 1. The number of hydrogen-bond acceptors (Lipinski definition) is 8. The van der Waals surface area contributed by atoms with Gasteiger partial charge < -0.3 is 19.4 Å². The Balaban J connectivity index is 1.32. The lowest BCUT2D eigenvalue weighted by Crippen LogP contribution is -2.51. The largest absolute Gasteiger partial charge is 0.481 e. The van der Waals surface area contributed by atoms with Crippen molar-refractivity contribution in [3.8, 4) is 28.3 Å². The van der Waals surface area contributed by atoms with Gasteiger partial charge in [0.2, 0.25) is 5.88 Å². The zero-order valence-corrected chi connectivity index (χ0v) is 28.0. The zero-order valence-electron chi connectivity index (χ0n) is 27.2. The van der Waals surface area contributed by atoms with Crippen molar-refractivity contribution in [3.05, 3.63) is 96.5 Å². The number of aromatic nitrogens is 3. The minimum atomic E-state index is -0.736. The topological polar surface area (TPSA) is 125 Å². The molecule has 1 N–H and O–H groups in total. The third-order valence-corrected chi connectivity index (χ3v) is 9.60. The molecule has 0 bridgehead atoms. The van der Waals surface area contributed by atoms with E-state index in [2.05, 4.69) is 10.2 Å². The molecule has 1 unspecified atom stereocenters. The molecule has 2 aromatic carbocycles. The maximum Gasteiger partial charge on any atom is 0.330 e. The Morgan fingerprint density at radius 1 is 1.12 bits per heavy atom. The molecule has 1 saturated heterocycles. The van der Waals surface area contributed by atoms with E-state index in [1.807, 2.05) is 6.07 Å². The van der Waals surface area contributed by atoms with Crippen molar-refractivity contribution in [1.82, 2.24) is 19.0 Å². The molecular formula is C35H35ClFN5O6. The molecule has 11 nitrogen and oxygen atoms in total. The number of esters is 1. The van der Waals surface area contributed by atoms with Crippen molar-refractivity contribution < 1.29 is 23.5 Å². The normalized spacial score (nSPS) is 15.9. The predicted octanol–water partition coefficient (Wildman–Crippen LogP) is 4.66. The Labute approximate surface area is 280 Å². The maximum absolute atomic E-state index is 15.6. The third-order valence-electron chi connectivity index (χ3n) is 9.20. The van der Waals surface area contributed by atoms with E-state index < -0.39 is 23.0 Å². The van der Waals surface area contributed by atoms with Crippen molar-refractivity contribution in [2.75, 3.05) is 32.1 Å². The Kier molecular flexibility index (Phi) is 8.97. The summed E-state index contributed by atoms with van der Waals surface area (Å²) in [5.74, 6) is -1.14. The number of carbonyl (C=O) groups is 2. The number of nitrogens with zero attached hydrogens (tertiary/aromatic N) is 4. The van der Waals surface area contributed by atoms with Gasteiger partial charge in [-0.2, -0.15) is 0 Å². The van der Waals surface area contributed by atoms with Gasteiger partial charge in [0.15, 0.2) is 0 Å². The number of halogens is 2. The number of ether oxygens (including phenoxy) is 2. The molecule has 1 amide bonds. The number of nitrogens with one attached hydrogen (secondary N) is 1. The number of fused-ring (bicyclic) bond motifs is 1. The molecular weight excluding hydrogens is 641 g/mol. The molecule has 250 valence electrons. The fraction of sp³-hybridized carbons (Fsp3) is 0.343. The standard InChI is InChI=1S/C35H35ClFN5O6/c1-6-48-34(45)20-15-42(16-20)27-13-10-19-14-26(39-32(47-5)28(19)27)22-11-12-24(37)29(30(22)36)21-8-7-9-25(18(21)2)38-31(43)23-17-40(3)35(46)41(4)33(23)44/h7-9,11-12,14,17,20,27H,6,10,13,15-16H2,1-5H3,(H,38,43). The Hall–Kier alpha value is -4.81. The molecule has 6 rings (SSSR count). The van der Waals surface area contributed by atoms with Crippen molar-refractivity contribution in [3.63, 3.8) is 0 Å². The van der Waals surface area contributed by atoms with Crippen molar-refractivity contribution in [2.24, 2.45) is 20.0 Å². The van der Waals surface area contributed by atoms with E-state index >= 15 is 4.39 Å². The number of anilines is 1. The zero-order chi connectivity index (χ0) is 34.4. The van der Waals surface area contributed by atoms with Gasteiger partial charge in [-0.1, -0.05) is 23.7 Å². The molecule has 2 aromatic heterocycles. The highest BCUT2D eigenvalue weighted by atomic mass is 35.5. The van der Waals surface area contributed by atoms with Crippen molar-refractivity contribution >= 4 is 29.2 Å². The van der Waals surface area contributed by atoms with Crippen LogP contribution in [0.3, 0.4) is 0 Å². The average Bonchev–Trinajstić information content (AvgIpc) is 3.46. The van der Waals surface area contributed by atoms with Gasteiger partial charge in [0.25, 0.3) is 11.5 Å². The summed E-state index contributed by atoms with van der Waals surface area (Å²) in [5.41, 5.74) is 2.97. The third kappa shape index (κ3) is 5.68. The predicted molar refractivity (Wildman–Crippen MR) is 179 cm³/mol. The number of methoxy groups -OCH3 is 1. The number of pyridine rings is 1. The second-order valence-electron chi connectivity index (χ2n) is 12.1. The minimum absolute atomic E-state index is 0.0583. The summed E-state index contributed by atoms with van der Waals surface area (Å²) >= 11 is 6.97. The lowest BCUT2D eigenvalue weighted by atomic mass is 9.94. The van der Waals surface area contributed by atoms with Crippen molar-refractivity contribution in [2.45, 2.75) is 32.7 Å². The number of amides is 1. The highest BCUT2D eigenvalue weighted by Crippen LogP contribution is 2.46. The molecule has 4 aromatic rings. The van der Waals surface area contributed by atoms with Crippen LogP contribution in [0.2, 0.25) is 5.02 Å². The molecule has 0 saturated carbocycles. The van der Waals surface area contributed by atoms with E-state index in [-0.39, 0.29) is 34.1 Å². The summed E-state index contributed by atoms with van der Waals surface area (Å²) in [6.07, 6.45) is 2.80. The van der Waals surface area contributed by atoms with Crippen LogP contribution in [-0.2, 0) is 30.0 Å². The first-order chi connectivity index (χ1) is 22.9. The van der Waals surface area contributed by atoms with Crippen LogP contribution in [0.15, 0.2) is 52.2 Å². The molecule has 0 spiro atoms. The van der Waals surface area contributed by atoms with Crippen LogP contribution < -0.4 is 21.3 Å². The van der Waals surface area contributed by atoms with Crippen LogP contribution >= 0.6 is 11.6 Å². The fourth-order valence-electron chi connectivity index (χ4n) is 6.61. The maximum atomic E-state index is 15.6. The van der Waals surface area contributed by atoms with E-state index in [9.17, 15) is 19.2 Å². The van der Waals surface area contributed by atoms with Crippen LogP contribution in [-0.4, -0.2) is 57.7 Å². The molecule has 1 aliphatic heterocycles. The van der Waals surface area contributed by atoms with E-state index in [4.69, 9.17) is 26.1 Å². The molecule has 13 heteroatoms. The first-order valence-electron chi connectivity index (χ1n) is 15.6. The Bertz CT molecular complexity index is 2090. The summed E-state index contributed by atoms with van der Waals surface area (Å²) in [4.78, 5) is 57.1. The summed E-state index contributed by atoms with van der Waals surface area (Å²) < 4.78 is 28.6. The molecule has 0 radical (unpaired) electrons. The van der Waals surface area contributed by atoms with Gasteiger partial charge in [0.05, 0.1) is 30.4 Å². The summed E-state index contributed by atoms with van der Waals surface area (Å²) in [6, 6.07) is 9.91. The van der Waals surface area contributed by atoms with Crippen molar-refractivity contribution in [1.29, 1.82) is 0 Å². The molecule has 1 aliphatic carbocycles. The van der Waals surface area contributed by atoms with Crippen LogP contribution in [0.5, 0.6) is 5.88 Å². The van der Waals surface area contributed by atoms with Gasteiger partial charge in [0, 0.05) is 61.8 Å². The minimum Gasteiger partial charge on any atom is -0.481 e. The van der Waals surface area contributed by atoms with Gasteiger partial charge >= 0.3 is 11.7 Å². The molecule has 48 heavy (non-hydrogen) atoms. The molecule has 1 fully saturated rings. The van der Waals surface area contributed by atoms with Crippen LogP contribution in [0.1, 0.15) is 46.4 Å². The monoisotopic (exact) mass is 675 g/mol. The van der Waals surface area contributed by atoms with E-state index in [1.165, 1.54) is 26.4 Å². The molecule has 3 heterocycles. The number of hydrogen-bond donors (Lipinski definition) is 1. The second kappa shape index (κ2) is 13.0. The first kappa shape index (κ1) is 33.1. The van der Waals surface area contributed by atoms with Gasteiger partial charge in [-0.15, -0.1) is 0 Å². The lowest BCUT2D eigenvalue weighted by Gasteiger charge is -2.42. The van der Waals surface area contributed by atoms with E-state index in [0.29, 0.717) is 53.6 Å². The first-order valence-corrected chi connectivity index (χ1v) is 16.0. The average molecular weight is 676 g/mol. The highest BCUT2D eigenvalue weighted by Gasteiger charge is 2.42. The lowest BCUT2D eigenvalue weighted by molar-refractivity contribution is -0.155. The number of aryl methyl sites for hydroxylation is 2. The molecule has 2 aliphatic rings. The van der Waals surface area contributed by atoms with Gasteiger partial charge in [-0.3, -0.25) is 23.9 Å². The smallest absolute Gasteiger partial charge is 0.330 e. The van der Waals surface area contributed by atoms with E-state index in [1.54, 1.807) is 45.2 Å². The summed E-state index contributed by atoms with van der Waals surface area (Å²) in [7, 11) is 4.30. The van der Waals surface area contributed by atoms with Crippen LogP contribution in [0, 0.1) is 18.7 Å². The fourth-order valence-corrected chi connectivity index (χ4v) is 6.96. The SMILES string of the molecule is CCOC(=O)C1CN(C2CCc3cc(-c4ccc(F)c(-c5cccc(NC(=O)c6cn(C)c(=O)n(C)c6=O)c5C)c4Cl)nc(OC)c32)C1. The summed E-state index contributed by atoms with van der Waals surface area (Å²) in [5, 5.41) is 2.86. The number of carbonyl (C=O) groups excluding carboxylic acids is 2. The Morgan fingerprint density at radius 2 is 1.88 bits per heavy atom. The van der Waals surface area contributed by atoms with Gasteiger partial charge in [-0.25, -0.2) is 14.2 Å². The van der Waals surface area contributed by atoms with Gasteiger partial charge in [-0.05, 0) is 67.6 Å². The van der Waals surface area contributed by atoms with Gasteiger partial charge in [0.1, 0.15) is 11.4 Å². The quantitative estimate of drug-likeness (QED) is 0.268. The molecule has 1 atom stereocenters. The van der Waals surface area contributed by atoms with Crippen LogP contribution in [0.25, 0.3) is 22.4 Å². The number of benzene rings is 2. The highest BCUT2D eigenvalue weighted by molar-refractivity contribution is 6.36. The van der Waals surface area contributed by atoms with E-state index in [0.717, 1.165) is 33.1 Å². The summed E-state index contributed by atoms with van der Waals surface area (Å²) in [6.45, 7) is 5.10.